The average molecular weight is 382 g/mol. The molecule has 2 fully saturated rings. The van der Waals surface area contributed by atoms with Gasteiger partial charge in [-0.3, -0.25) is 9.69 Å². The number of likely N-dealkylation sites (tertiary alicyclic amines) is 1. The number of rotatable bonds is 5. The quantitative estimate of drug-likeness (QED) is 0.703. The van der Waals surface area contributed by atoms with Crippen LogP contribution in [0.1, 0.15) is 43.7 Å². The van der Waals surface area contributed by atoms with Crippen molar-refractivity contribution in [3.05, 3.63) is 41.5 Å². The monoisotopic (exact) mass is 381 g/mol. The Balaban J connectivity index is 1.59. The number of carbonyl (C=O) groups is 1. The van der Waals surface area contributed by atoms with Crippen molar-refractivity contribution in [2.24, 2.45) is 11.8 Å². The van der Waals surface area contributed by atoms with Gasteiger partial charge in [-0.1, -0.05) is 31.2 Å². The van der Waals surface area contributed by atoms with E-state index in [0.29, 0.717) is 6.10 Å². The minimum atomic E-state index is -0.0992. The first-order chi connectivity index (χ1) is 13.5. The van der Waals surface area contributed by atoms with Gasteiger partial charge in [0.15, 0.2) is 0 Å². The van der Waals surface area contributed by atoms with Gasteiger partial charge in [-0.05, 0) is 60.9 Å². The topological polar surface area (TPSA) is 38.8 Å². The lowest BCUT2D eigenvalue weighted by atomic mass is 9.89. The Morgan fingerprint density at radius 1 is 1.11 bits per heavy atom. The molecular weight excluding hydrogens is 350 g/mol. The Bertz CT molecular complexity index is 848. The van der Waals surface area contributed by atoms with Crippen LogP contribution in [0.5, 0.6) is 5.75 Å². The molecule has 1 aliphatic heterocycles. The molecule has 1 saturated carbocycles. The Morgan fingerprint density at radius 2 is 1.79 bits per heavy atom. The molecule has 1 heterocycles. The molecule has 4 heteroatoms. The highest BCUT2D eigenvalue weighted by Crippen LogP contribution is 2.36. The predicted octanol–water partition coefficient (Wildman–Crippen LogP) is 4.71. The number of fused-ring (bicyclic) bond motifs is 1. The van der Waals surface area contributed by atoms with Crippen molar-refractivity contribution < 1.29 is 14.3 Å². The number of carbonyl (C=O) groups excluding carboxylic acids is 1. The van der Waals surface area contributed by atoms with Gasteiger partial charge < -0.3 is 9.47 Å². The molecule has 0 radical (unpaired) electrons. The van der Waals surface area contributed by atoms with E-state index >= 15 is 0 Å². The summed E-state index contributed by atoms with van der Waals surface area (Å²) in [4.78, 5) is 14.0. The second-order valence-corrected chi connectivity index (χ2v) is 8.63. The summed E-state index contributed by atoms with van der Waals surface area (Å²) in [5, 5.41) is 2.55. The van der Waals surface area contributed by atoms with Gasteiger partial charge in [-0.25, -0.2) is 0 Å². The van der Waals surface area contributed by atoms with Gasteiger partial charge in [0.2, 0.25) is 0 Å². The van der Waals surface area contributed by atoms with E-state index in [0.717, 1.165) is 44.1 Å². The Hall–Kier alpha value is -2.07. The molecule has 2 aromatic rings. The van der Waals surface area contributed by atoms with Gasteiger partial charge >= 0.3 is 5.97 Å². The maximum absolute atomic E-state index is 11.7. The lowest BCUT2D eigenvalue weighted by Crippen LogP contribution is -2.50. The molecule has 4 nitrogen and oxygen atoms in total. The summed E-state index contributed by atoms with van der Waals surface area (Å²) < 4.78 is 11.5. The van der Waals surface area contributed by atoms with E-state index in [9.17, 15) is 4.79 Å². The first-order valence-electron chi connectivity index (χ1n) is 10.5. The molecule has 0 aromatic heterocycles. The molecule has 1 aliphatic carbocycles. The fourth-order valence-corrected chi connectivity index (χ4v) is 4.62. The Morgan fingerprint density at radius 3 is 2.46 bits per heavy atom. The van der Waals surface area contributed by atoms with Gasteiger partial charge in [-0.15, -0.1) is 0 Å². The summed E-state index contributed by atoms with van der Waals surface area (Å²) in [5.74, 6) is 1.75. The number of hydrogen-bond acceptors (Lipinski definition) is 4. The lowest BCUT2D eigenvalue weighted by Gasteiger charge is -2.38. The summed E-state index contributed by atoms with van der Waals surface area (Å²) in [6, 6.07) is 10.8. The third-order valence-electron chi connectivity index (χ3n) is 6.45. The molecule has 1 saturated heterocycles. The van der Waals surface area contributed by atoms with Crippen LogP contribution < -0.4 is 4.74 Å². The minimum absolute atomic E-state index is 0.00547. The molecule has 2 aliphatic rings. The molecule has 28 heavy (non-hydrogen) atoms. The van der Waals surface area contributed by atoms with Crippen LogP contribution in [0.15, 0.2) is 30.3 Å². The van der Waals surface area contributed by atoms with E-state index in [1.165, 1.54) is 41.9 Å². The van der Waals surface area contributed by atoms with Crippen molar-refractivity contribution >= 4 is 16.7 Å². The summed E-state index contributed by atoms with van der Waals surface area (Å²) in [6.07, 6.45) is 5.09. The summed E-state index contributed by atoms with van der Waals surface area (Å²) in [5.41, 5.74) is 2.51. The summed E-state index contributed by atoms with van der Waals surface area (Å²) in [7, 11) is 1.47. The molecule has 4 rings (SSSR count). The van der Waals surface area contributed by atoms with Crippen molar-refractivity contribution in [3.63, 3.8) is 0 Å². The number of esters is 1. The molecule has 0 unspecified atom stereocenters. The number of nitrogens with zero attached hydrogens (tertiary/aromatic N) is 1. The average Bonchev–Trinajstić information content (AvgIpc) is 2.67. The fraction of sp³-hybridized carbons (Fsp3) is 0.542. The van der Waals surface area contributed by atoms with E-state index in [1.807, 2.05) is 0 Å². The zero-order chi connectivity index (χ0) is 19.7. The van der Waals surface area contributed by atoms with E-state index in [-0.39, 0.29) is 11.9 Å². The van der Waals surface area contributed by atoms with Crippen LogP contribution in [-0.2, 0) is 16.1 Å². The highest BCUT2D eigenvalue weighted by molar-refractivity contribution is 5.90. The van der Waals surface area contributed by atoms with Crippen LogP contribution in [0.2, 0.25) is 0 Å². The van der Waals surface area contributed by atoms with Gasteiger partial charge in [-0.2, -0.15) is 0 Å². The molecule has 150 valence electrons. The molecule has 0 amide bonds. The zero-order valence-corrected chi connectivity index (χ0v) is 17.2. The summed E-state index contributed by atoms with van der Waals surface area (Å²) >= 11 is 0. The first kappa shape index (κ1) is 19.3. The van der Waals surface area contributed by atoms with Crippen molar-refractivity contribution in [1.29, 1.82) is 0 Å². The number of benzene rings is 2. The normalized spacial score (nSPS) is 23.4. The lowest BCUT2D eigenvalue weighted by molar-refractivity contribution is -0.151. The standard InChI is InChI=1S/C24H31NO3/c1-16-8-10-19(11-9-16)28-23-12-17(2)20-6-4-5-7-21(20)22(23)15-25-13-18(14-25)24(26)27-3/h4-7,12,16,18-19H,8-11,13-15H2,1-3H3. The van der Waals surface area contributed by atoms with Gasteiger partial charge in [0.25, 0.3) is 0 Å². The van der Waals surface area contributed by atoms with Crippen molar-refractivity contribution in [2.75, 3.05) is 20.2 Å². The first-order valence-corrected chi connectivity index (χ1v) is 10.5. The largest absolute Gasteiger partial charge is 0.490 e. The molecule has 0 bridgehead atoms. The van der Waals surface area contributed by atoms with Crippen LogP contribution in [-0.4, -0.2) is 37.2 Å². The molecule has 0 N–H and O–H groups in total. The van der Waals surface area contributed by atoms with Crippen LogP contribution >= 0.6 is 0 Å². The minimum Gasteiger partial charge on any atom is -0.490 e. The number of hydrogen-bond donors (Lipinski definition) is 0. The van der Waals surface area contributed by atoms with Crippen molar-refractivity contribution in [1.82, 2.24) is 4.90 Å². The van der Waals surface area contributed by atoms with E-state index < -0.39 is 0 Å². The molecular formula is C24H31NO3. The third-order valence-corrected chi connectivity index (χ3v) is 6.45. The highest BCUT2D eigenvalue weighted by atomic mass is 16.5. The fourth-order valence-electron chi connectivity index (χ4n) is 4.62. The SMILES string of the molecule is COC(=O)C1CN(Cc2c(OC3CCC(C)CC3)cc(C)c3ccccc23)C1. The smallest absolute Gasteiger partial charge is 0.311 e. The molecule has 2 aromatic carbocycles. The van der Waals surface area contributed by atoms with Crippen molar-refractivity contribution in [3.8, 4) is 5.75 Å². The predicted molar refractivity (Wildman–Crippen MR) is 112 cm³/mol. The van der Waals surface area contributed by atoms with Gasteiger partial charge in [0.05, 0.1) is 19.1 Å². The third kappa shape index (κ3) is 3.88. The second-order valence-electron chi connectivity index (χ2n) is 8.63. The van der Waals surface area contributed by atoms with E-state index in [2.05, 4.69) is 49.1 Å². The van der Waals surface area contributed by atoms with Crippen LogP contribution in [0.3, 0.4) is 0 Å². The van der Waals surface area contributed by atoms with Crippen LogP contribution in [0.25, 0.3) is 10.8 Å². The van der Waals surface area contributed by atoms with E-state index in [1.54, 1.807) is 0 Å². The van der Waals surface area contributed by atoms with Gasteiger partial charge in [0.1, 0.15) is 5.75 Å². The van der Waals surface area contributed by atoms with Crippen molar-refractivity contribution in [2.45, 2.75) is 52.2 Å². The Kier molecular flexibility index (Phi) is 5.58. The van der Waals surface area contributed by atoms with Crippen LogP contribution in [0, 0.1) is 18.8 Å². The number of ether oxygens (including phenoxy) is 2. The Labute approximate surface area is 167 Å². The van der Waals surface area contributed by atoms with Crippen LogP contribution in [0.4, 0.5) is 0 Å². The highest BCUT2D eigenvalue weighted by Gasteiger charge is 2.34. The summed E-state index contributed by atoms with van der Waals surface area (Å²) in [6.45, 7) is 6.83. The van der Waals surface area contributed by atoms with Gasteiger partial charge in [0, 0.05) is 25.2 Å². The molecule has 0 spiro atoms. The second kappa shape index (κ2) is 8.12. The van der Waals surface area contributed by atoms with E-state index in [4.69, 9.17) is 9.47 Å². The maximum atomic E-state index is 11.7. The number of aryl methyl sites for hydroxylation is 1. The molecule has 0 atom stereocenters. The maximum Gasteiger partial charge on any atom is 0.311 e. The number of methoxy groups -OCH3 is 1. The zero-order valence-electron chi connectivity index (χ0n) is 17.2.